The van der Waals surface area contributed by atoms with Crippen molar-refractivity contribution in [1.29, 1.82) is 0 Å². The fourth-order valence-corrected chi connectivity index (χ4v) is 2.26. The lowest BCUT2D eigenvalue weighted by atomic mass is 10.1. The van der Waals surface area contributed by atoms with Gasteiger partial charge in [0.2, 0.25) is 5.91 Å². The maximum absolute atomic E-state index is 12.1. The minimum atomic E-state index is -0.499. The van der Waals surface area contributed by atoms with Crippen molar-refractivity contribution in [3.63, 3.8) is 0 Å². The van der Waals surface area contributed by atoms with Gasteiger partial charge in [0.1, 0.15) is 5.60 Å². The van der Waals surface area contributed by atoms with Crippen molar-refractivity contribution in [3.05, 3.63) is 29.3 Å². The number of anilines is 1. The minimum Gasteiger partial charge on any atom is -0.444 e. The van der Waals surface area contributed by atoms with E-state index in [9.17, 15) is 9.59 Å². The number of halogens is 1. The van der Waals surface area contributed by atoms with Crippen LogP contribution in [0, 0.1) is 0 Å². The molecule has 0 unspecified atom stereocenters. The summed E-state index contributed by atoms with van der Waals surface area (Å²) in [5.74, 6) is -0.100. The van der Waals surface area contributed by atoms with Crippen LogP contribution < -0.4 is 5.32 Å². The maximum Gasteiger partial charge on any atom is 0.410 e. The average molecular weight is 355 g/mol. The molecule has 21 heavy (non-hydrogen) atoms. The number of fused-ring (bicyclic) bond motifs is 1. The molecule has 0 spiro atoms. The van der Waals surface area contributed by atoms with Crippen molar-refractivity contribution < 1.29 is 14.3 Å². The van der Waals surface area contributed by atoms with Crippen LogP contribution in [-0.2, 0) is 22.6 Å². The third kappa shape index (κ3) is 4.20. The Balaban J connectivity index is 2.05. The van der Waals surface area contributed by atoms with Gasteiger partial charge >= 0.3 is 6.09 Å². The highest BCUT2D eigenvalue weighted by atomic mass is 79.9. The van der Waals surface area contributed by atoms with Gasteiger partial charge < -0.3 is 10.1 Å². The summed E-state index contributed by atoms with van der Waals surface area (Å²) in [5.41, 5.74) is 2.36. The Kier molecular flexibility index (Phi) is 4.56. The van der Waals surface area contributed by atoms with Crippen molar-refractivity contribution in [1.82, 2.24) is 4.90 Å². The molecule has 0 radical (unpaired) electrons. The molecule has 2 rings (SSSR count). The van der Waals surface area contributed by atoms with Gasteiger partial charge in [-0.3, -0.25) is 9.69 Å². The summed E-state index contributed by atoms with van der Waals surface area (Å²) >= 11 is 3.11. The summed E-state index contributed by atoms with van der Waals surface area (Å²) in [6, 6.07) is 5.68. The number of nitrogens with zero attached hydrogens (tertiary/aromatic N) is 1. The van der Waals surface area contributed by atoms with Crippen molar-refractivity contribution in [2.45, 2.75) is 39.5 Å². The van der Waals surface area contributed by atoms with Crippen molar-refractivity contribution in [2.75, 3.05) is 10.6 Å². The number of nitrogens with one attached hydrogen (secondary N) is 1. The number of carbonyl (C=O) groups is 2. The van der Waals surface area contributed by atoms with Crippen molar-refractivity contribution in [2.24, 2.45) is 0 Å². The first-order valence-electron chi connectivity index (χ1n) is 6.74. The quantitative estimate of drug-likeness (QED) is 0.829. The van der Waals surface area contributed by atoms with Gasteiger partial charge in [-0.25, -0.2) is 4.79 Å². The van der Waals surface area contributed by atoms with E-state index in [1.165, 1.54) is 0 Å². The van der Waals surface area contributed by atoms with E-state index in [1.54, 1.807) is 4.90 Å². The van der Waals surface area contributed by atoms with Crippen LogP contribution in [0.25, 0.3) is 0 Å². The van der Waals surface area contributed by atoms with Gasteiger partial charge in [-0.15, -0.1) is 0 Å². The number of alkyl halides is 1. The Bertz CT molecular complexity index is 567. The van der Waals surface area contributed by atoms with E-state index in [4.69, 9.17) is 4.74 Å². The minimum absolute atomic E-state index is 0.100. The Morgan fingerprint density at radius 1 is 1.29 bits per heavy atom. The SMILES string of the molecule is CC(C)(C)OC(=O)N1Cc2ccc(NC(=O)CBr)cc2C1. The Labute approximate surface area is 132 Å². The number of carbonyl (C=O) groups excluding carboxylic acids is 2. The number of rotatable bonds is 2. The Morgan fingerprint density at radius 2 is 1.95 bits per heavy atom. The molecule has 2 amide bonds. The second-order valence-corrected chi connectivity index (χ2v) is 6.56. The van der Waals surface area contributed by atoms with Crippen LogP contribution in [-0.4, -0.2) is 27.8 Å². The van der Waals surface area contributed by atoms with Crippen LogP contribution in [0.3, 0.4) is 0 Å². The molecule has 0 aromatic heterocycles. The van der Waals surface area contributed by atoms with E-state index in [1.807, 2.05) is 39.0 Å². The third-order valence-corrected chi connectivity index (χ3v) is 3.49. The number of hydrogen-bond acceptors (Lipinski definition) is 3. The van der Waals surface area contributed by atoms with Gasteiger partial charge in [-0.1, -0.05) is 22.0 Å². The molecule has 0 fully saturated rings. The average Bonchev–Trinajstić information content (AvgIpc) is 2.79. The molecule has 1 aliphatic heterocycles. The van der Waals surface area contributed by atoms with Gasteiger partial charge in [0, 0.05) is 18.8 Å². The van der Waals surface area contributed by atoms with Gasteiger partial charge in [0.25, 0.3) is 0 Å². The largest absolute Gasteiger partial charge is 0.444 e. The summed E-state index contributed by atoms with van der Waals surface area (Å²) in [7, 11) is 0. The van der Waals surface area contributed by atoms with Crippen molar-refractivity contribution >= 4 is 33.6 Å². The van der Waals surface area contributed by atoms with E-state index < -0.39 is 5.60 Å². The lowest BCUT2D eigenvalue weighted by Gasteiger charge is -2.24. The zero-order valence-electron chi connectivity index (χ0n) is 12.4. The fourth-order valence-electron chi connectivity index (χ4n) is 2.12. The molecular formula is C15H19BrN2O3. The van der Waals surface area contributed by atoms with E-state index in [-0.39, 0.29) is 17.3 Å². The molecule has 1 aromatic carbocycles. The first-order chi connectivity index (χ1) is 9.78. The molecule has 5 nitrogen and oxygen atoms in total. The second-order valence-electron chi connectivity index (χ2n) is 6.00. The molecule has 1 heterocycles. The van der Waals surface area contributed by atoms with Crippen LogP contribution in [0.4, 0.5) is 10.5 Å². The summed E-state index contributed by atoms with van der Waals surface area (Å²) in [5, 5.41) is 3.04. The fraction of sp³-hybridized carbons (Fsp3) is 0.467. The van der Waals surface area contributed by atoms with Crippen LogP contribution in [0.5, 0.6) is 0 Å². The summed E-state index contributed by atoms with van der Waals surface area (Å²) in [4.78, 5) is 25.1. The van der Waals surface area contributed by atoms with E-state index in [2.05, 4.69) is 21.2 Å². The first kappa shape index (κ1) is 15.8. The maximum atomic E-state index is 12.1. The predicted molar refractivity (Wildman–Crippen MR) is 84.3 cm³/mol. The number of hydrogen-bond donors (Lipinski definition) is 1. The first-order valence-corrected chi connectivity index (χ1v) is 7.86. The molecule has 1 aliphatic rings. The molecule has 0 aliphatic carbocycles. The predicted octanol–water partition coefficient (Wildman–Crippen LogP) is 3.27. The highest BCUT2D eigenvalue weighted by Crippen LogP contribution is 2.27. The lowest BCUT2D eigenvalue weighted by molar-refractivity contribution is -0.113. The molecule has 0 atom stereocenters. The van der Waals surface area contributed by atoms with Crippen LogP contribution in [0.1, 0.15) is 31.9 Å². The van der Waals surface area contributed by atoms with Gasteiger partial charge in [0.05, 0.1) is 5.33 Å². The zero-order valence-corrected chi connectivity index (χ0v) is 14.0. The molecule has 114 valence electrons. The monoisotopic (exact) mass is 354 g/mol. The third-order valence-electron chi connectivity index (χ3n) is 2.99. The van der Waals surface area contributed by atoms with E-state index in [0.717, 1.165) is 16.8 Å². The zero-order chi connectivity index (χ0) is 15.6. The van der Waals surface area contributed by atoms with E-state index in [0.29, 0.717) is 13.1 Å². The molecular weight excluding hydrogens is 336 g/mol. The molecule has 1 N–H and O–H groups in total. The number of ether oxygens (including phenoxy) is 1. The van der Waals surface area contributed by atoms with Crippen LogP contribution in [0.15, 0.2) is 18.2 Å². The number of benzene rings is 1. The van der Waals surface area contributed by atoms with Crippen molar-refractivity contribution in [3.8, 4) is 0 Å². The molecule has 6 heteroatoms. The normalized spacial score (nSPS) is 13.8. The Hall–Kier alpha value is -1.56. The molecule has 0 saturated heterocycles. The lowest BCUT2D eigenvalue weighted by Crippen LogP contribution is -2.33. The molecule has 1 aromatic rings. The molecule has 0 bridgehead atoms. The number of amides is 2. The smallest absolute Gasteiger partial charge is 0.410 e. The van der Waals surface area contributed by atoms with Crippen LogP contribution >= 0.6 is 15.9 Å². The second kappa shape index (κ2) is 6.05. The van der Waals surface area contributed by atoms with Gasteiger partial charge in [0.15, 0.2) is 0 Å². The summed E-state index contributed by atoms with van der Waals surface area (Å²) < 4.78 is 5.38. The topological polar surface area (TPSA) is 58.6 Å². The van der Waals surface area contributed by atoms with Gasteiger partial charge in [-0.05, 0) is 44.0 Å². The highest BCUT2D eigenvalue weighted by molar-refractivity contribution is 9.09. The Morgan fingerprint density at radius 3 is 2.57 bits per heavy atom. The molecule has 0 saturated carbocycles. The standard InChI is InChI=1S/C15H19BrN2O3/c1-15(2,3)21-14(20)18-8-10-4-5-12(6-11(10)9-18)17-13(19)7-16/h4-6H,7-9H2,1-3H3,(H,17,19). The van der Waals surface area contributed by atoms with E-state index >= 15 is 0 Å². The summed E-state index contributed by atoms with van der Waals surface area (Å²) in [6.07, 6.45) is -0.315. The highest BCUT2D eigenvalue weighted by Gasteiger charge is 2.27. The summed E-state index contributed by atoms with van der Waals surface area (Å²) in [6.45, 7) is 6.59. The van der Waals surface area contributed by atoms with Crippen LogP contribution in [0.2, 0.25) is 0 Å². The van der Waals surface area contributed by atoms with Gasteiger partial charge in [-0.2, -0.15) is 0 Å².